The summed E-state index contributed by atoms with van der Waals surface area (Å²) in [6.07, 6.45) is 2.69. The quantitative estimate of drug-likeness (QED) is 0.670. The molecule has 0 radical (unpaired) electrons. The van der Waals surface area contributed by atoms with Gasteiger partial charge in [0, 0.05) is 30.5 Å². The summed E-state index contributed by atoms with van der Waals surface area (Å²) >= 11 is 0. The minimum Gasteiger partial charge on any atom is -0.306 e. The third kappa shape index (κ3) is 3.02. The molecule has 1 aromatic carbocycles. The number of anilines is 1. The number of imidazole rings is 1. The summed E-state index contributed by atoms with van der Waals surface area (Å²) in [6, 6.07) is 11.3. The van der Waals surface area contributed by atoms with Crippen molar-refractivity contribution < 1.29 is 9.59 Å². The number of amides is 1. The van der Waals surface area contributed by atoms with E-state index in [-0.39, 0.29) is 11.7 Å². The first-order valence-electron chi connectivity index (χ1n) is 9.02. The van der Waals surface area contributed by atoms with Gasteiger partial charge < -0.3 is 14.2 Å². The maximum absolute atomic E-state index is 13.4. The van der Waals surface area contributed by atoms with Gasteiger partial charge in [0.25, 0.3) is 5.91 Å². The molecule has 2 aromatic heterocycles. The number of aromatic nitrogens is 2. The van der Waals surface area contributed by atoms with Crippen molar-refractivity contribution in [3.63, 3.8) is 0 Å². The Hall–Kier alpha value is -2.99. The standard InChI is InChI=1S/C21H22N4O2/c1-14(26)15-7-8-17-16(12-15)9-11-25(17)21(27)20-18(13-23(2)3)24-10-5-4-6-19(24)22-20/h4-8,10,12H,9,11,13H2,1-3H3. The van der Waals surface area contributed by atoms with Gasteiger partial charge in [-0.05, 0) is 63.3 Å². The molecule has 0 atom stereocenters. The molecule has 0 fully saturated rings. The number of rotatable bonds is 4. The van der Waals surface area contributed by atoms with Gasteiger partial charge in [0.15, 0.2) is 11.5 Å². The molecule has 6 heteroatoms. The first kappa shape index (κ1) is 17.4. The minimum absolute atomic E-state index is 0.0381. The van der Waals surface area contributed by atoms with Crippen LogP contribution in [0, 0.1) is 0 Å². The number of Topliss-reactive ketones (excluding diaryl/α,β-unsaturated/α-hetero) is 1. The van der Waals surface area contributed by atoms with E-state index in [1.54, 1.807) is 17.9 Å². The Morgan fingerprint density at radius 2 is 2.00 bits per heavy atom. The zero-order chi connectivity index (χ0) is 19.1. The van der Waals surface area contributed by atoms with E-state index >= 15 is 0 Å². The highest BCUT2D eigenvalue weighted by Gasteiger charge is 2.30. The first-order valence-corrected chi connectivity index (χ1v) is 9.02. The van der Waals surface area contributed by atoms with Crippen LogP contribution in [0.1, 0.15) is 39.0 Å². The molecular weight excluding hydrogens is 340 g/mol. The molecule has 6 nitrogen and oxygen atoms in total. The molecule has 3 heterocycles. The van der Waals surface area contributed by atoms with Crippen LogP contribution in [0.2, 0.25) is 0 Å². The van der Waals surface area contributed by atoms with Crippen LogP contribution in [0.15, 0.2) is 42.6 Å². The van der Waals surface area contributed by atoms with Crippen molar-refractivity contribution >= 4 is 23.0 Å². The van der Waals surface area contributed by atoms with E-state index in [1.165, 1.54) is 0 Å². The van der Waals surface area contributed by atoms with Crippen LogP contribution in [0.3, 0.4) is 0 Å². The third-order valence-electron chi connectivity index (χ3n) is 4.92. The fourth-order valence-corrected chi connectivity index (χ4v) is 3.63. The number of carbonyl (C=O) groups excluding carboxylic acids is 2. The highest BCUT2D eigenvalue weighted by atomic mass is 16.2. The summed E-state index contributed by atoms with van der Waals surface area (Å²) in [6.45, 7) is 2.78. The summed E-state index contributed by atoms with van der Waals surface area (Å²) in [5.41, 5.74) is 4.73. The molecule has 0 N–H and O–H groups in total. The number of nitrogens with zero attached hydrogens (tertiary/aromatic N) is 4. The molecule has 0 bridgehead atoms. The number of ketones is 1. The molecule has 138 valence electrons. The summed E-state index contributed by atoms with van der Waals surface area (Å²) in [4.78, 5) is 33.4. The van der Waals surface area contributed by atoms with Crippen LogP contribution in [0.5, 0.6) is 0 Å². The molecule has 0 aliphatic carbocycles. The predicted octanol–water partition coefficient (Wildman–Crippen LogP) is 2.80. The number of benzene rings is 1. The molecule has 1 aliphatic rings. The van der Waals surface area contributed by atoms with Gasteiger partial charge in [-0.3, -0.25) is 9.59 Å². The highest BCUT2D eigenvalue weighted by molar-refractivity contribution is 6.07. The van der Waals surface area contributed by atoms with E-state index in [4.69, 9.17) is 0 Å². The van der Waals surface area contributed by atoms with Gasteiger partial charge >= 0.3 is 0 Å². The van der Waals surface area contributed by atoms with E-state index in [2.05, 4.69) is 4.98 Å². The molecule has 0 spiro atoms. The Morgan fingerprint density at radius 3 is 2.74 bits per heavy atom. The van der Waals surface area contributed by atoms with Crippen LogP contribution in [-0.4, -0.2) is 46.6 Å². The van der Waals surface area contributed by atoms with Crippen molar-refractivity contribution in [2.24, 2.45) is 0 Å². The summed E-state index contributed by atoms with van der Waals surface area (Å²) in [5, 5.41) is 0. The number of carbonyl (C=O) groups is 2. The Morgan fingerprint density at radius 1 is 1.19 bits per heavy atom. The second kappa shape index (κ2) is 6.63. The summed E-state index contributed by atoms with van der Waals surface area (Å²) < 4.78 is 1.98. The van der Waals surface area contributed by atoms with Crippen molar-refractivity contribution in [2.45, 2.75) is 19.9 Å². The zero-order valence-corrected chi connectivity index (χ0v) is 15.8. The fourth-order valence-electron chi connectivity index (χ4n) is 3.63. The molecule has 3 aromatic rings. The van der Waals surface area contributed by atoms with Gasteiger partial charge in [-0.25, -0.2) is 4.98 Å². The number of fused-ring (bicyclic) bond motifs is 2. The average Bonchev–Trinajstić information content (AvgIpc) is 3.22. The van der Waals surface area contributed by atoms with Crippen molar-refractivity contribution in [1.82, 2.24) is 14.3 Å². The zero-order valence-electron chi connectivity index (χ0n) is 15.8. The van der Waals surface area contributed by atoms with Gasteiger partial charge in [-0.15, -0.1) is 0 Å². The molecule has 1 aliphatic heterocycles. The van der Waals surface area contributed by atoms with Crippen LogP contribution in [-0.2, 0) is 13.0 Å². The molecule has 27 heavy (non-hydrogen) atoms. The molecule has 1 amide bonds. The van der Waals surface area contributed by atoms with Crippen LogP contribution < -0.4 is 4.90 Å². The lowest BCUT2D eigenvalue weighted by atomic mass is 10.1. The van der Waals surface area contributed by atoms with E-state index in [0.717, 1.165) is 29.0 Å². The molecule has 0 unspecified atom stereocenters. The van der Waals surface area contributed by atoms with Crippen LogP contribution in [0.25, 0.3) is 5.65 Å². The second-order valence-electron chi connectivity index (χ2n) is 7.18. The summed E-state index contributed by atoms with van der Waals surface area (Å²) in [5.74, 6) is -0.0546. The number of hydrogen-bond acceptors (Lipinski definition) is 4. The largest absolute Gasteiger partial charge is 0.306 e. The SMILES string of the molecule is CC(=O)c1ccc2c(c1)CCN2C(=O)c1nc2ccccn2c1CN(C)C. The lowest BCUT2D eigenvalue weighted by Crippen LogP contribution is -2.30. The Labute approximate surface area is 158 Å². The lowest BCUT2D eigenvalue weighted by Gasteiger charge is -2.18. The Kier molecular flexibility index (Phi) is 4.28. The maximum Gasteiger partial charge on any atom is 0.278 e. The molecule has 4 rings (SSSR count). The van der Waals surface area contributed by atoms with Crippen LogP contribution in [0.4, 0.5) is 5.69 Å². The molecule has 0 saturated heterocycles. The van der Waals surface area contributed by atoms with Gasteiger partial charge in [-0.2, -0.15) is 0 Å². The van der Waals surface area contributed by atoms with E-state index < -0.39 is 0 Å². The molecule has 0 saturated carbocycles. The van der Waals surface area contributed by atoms with Crippen molar-refractivity contribution in [3.05, 3.63) is 65.1 Å². The summed E-state index contributed by atoms with van der Waals surface area (Å²) in [7, 11) is 3.95. The van der Waals surface area contributed by atoms with E-state index in [9.17, 15) is 9.59 Å². The topological polar surface area (TPSA) is 57.9 Å². The second-order valence-corrected chi connectivity index (χ2v) is 7.18. The normalized spacial score (nSPS) is 13.4. The van der Waals surface area contributed by atoms with E-state index in [0.29, 0.717) is 24.3 Å². The van der Waals surface area contributed by atoms with Gasteiger partial charge in [0.05, 0.1) is 5.69 Å². The number of pyridine rings is 1. The lowest BCUT2D eigenvalue weighted by molar-refractivity contribution is 0.0982. The fraction of sp³-hybridized carbons (Fsp3) is 0.286. The highest BCUT2D eigenvalue weighted by Crippen LogP contribution is 2.31. The maximum atomic E-state index is 13.4. The third-order valence-corrected chi connectivity index (χ3v) is 4.92. The monoisotopic (exact) mass is 362 g/mol. The van der Waals surface area contributed by atoms with Gasteiger partial charge in [0.2, 0.25) is 0 Å². The predicted molar refractivity (Wildman–Crippen MR) is 104 cm³/mol. The Bertz CT molecular complexity index is 1050. The molecular formula is C21H22N4O2. The van der Waals surface area contributed by atoms with Crippen LogP contribution >= 0.6 is 0 Å². The minimum atomic E-state index is -0.0927. The Balaban J connectivity index is 1.76. The van der Waals surface area contributed by atoms with Crippen molar-refractivity contribution in [1.29, 1.82) is 0 Å². The number of hydrogen-bond donors (Lipinski definition) is 0. The first-order chi connectivity index (χ1) is 13.0. The van der Waals surface area contributed by atoms with Gasteiger partial charge in [0.1, 0.15) is 5.65 Å². The van der Waals surface area contributed by atoms with Gasteiger partial charge in [-0.1, -0.05) is 6.07 Å². The van der Waals surface area contributed by atoms with Crippen molar-refractivity contribution in [2.75, 3.05) is 25.5 Å². The van der Waals surface area contributed by atoms with Crippen molar-refractivity contribution in [3.8, 4) is 0 Å². The average molecular weight is 362 g/mol. The smallest absolute Gasteiger partial charge is 0.278 e. The van der Waals surface area contributed by atoms with E-state index in [1.807, 2.05) is 59.9 Å².